The van der Waals surface area contributed by atoms with Crippen LogP contribution in [0.3, 0.4) is 0 Å². The second kappa shape index (κ2) is 7.72. The molecule has 1 saturated heterocycles. The van der Waals surface area contributed by atoms with E-state index in [1.165, 1.54) is 0 Å². The molecule has 0 aromatic carbocycles. The number of nitrogens with zero attached hydrogens (tertiary/aromatic N) is 5. The van der Waals surface area contributed by atoms with Crippen LogP contribution in [0.5, 0.6) is 5.75 Å². The van der Waals surface area contributed by atoms with Gasteiger partial charge in [-0.05, 0) is 24.8 Å². The number of imidazole rings is 1. The highest BCUT2D eigenvalue weighted by Gasteiger charge is 2.58. The lowest BCUT2D eigenvalue weighted by Gasteiger charge is -2.61. The number of likely N-dealkylation sites (tertiary alicyclic amines) is 1. The molecule has 1 saturated carbocycles. The molecule has 1 N–H and O–H groups in total. The molecule has 4 heterocycles. The van der Waals surface area contributed by atoms with E-state index in [-0.39, 0.29) is 29.0 Å². The van der Waals surface area contributed by atoms with Crippen molar-refractivity contribution in [3.05, 3.63) is 42.5 Å². The number of alkyl halides is 3. The zero-order chi connectivity index (χ0) is 25.2. The molecule has 35 heavy (non-hydrogen) atoms. The van der Waals surface area contributed by atoms with Crippen LogP contribution in [0.15, 0.2) is 36.9 Å². The third kappa shape index (κ3) is 4.10. The van der Waals surface area contributed by atoms with Gasteiger partial charge < -0.3 is 19.5 Å². The molecule has 2 aliphatic rings. The maximum atomic E-state index is 13.0. The number of hydrogen-bond acceptors (Lipinski definition) is 5. The highest BCUT2D eigenvalue weighted by atomic mass is 19.4. The molecule has 3 aromatic heterocycles. The van der Waals surface area contributed by atoms with Gasteiger partial charge in [0.05, 0.1) is 6.20 Å². The highest BCUT2D eigenvalue weighted by molar-refractivity contribution is 6.00. The van der Waals surface area contributed by atoms with E-state index in [4.69, 9.17) is 0 Å². The molecule has 2 amide bonds. The second-order valence-corrected chi connectivity index (χ2v) is 10.1. The molecule has 2 fully saturated rings. The summed E-state index contributed by atoms with van der Waals surface area (Å²) in [5.74, 6) is -0.766. The summed E-state index contributed by atoms with van der Waals surface area (Å²) in [5.41, 5.74) is 0.544. The first-order valence-corrected chi connectivity index (χ1v) is 11.2. The SMILES string of the molecule is Cn1ccn2ncc(C(=O)N3CC4(CC(C(C)(C)C(=O)Nc5cc(OC(F)(F)F)ccn5)C4)C3)c12. The molecule has 0 atom stereocenters. The van der Waals surface area contributed by atoms with E-state index in [1.54, 1.807) is 16.9 Å². The summed E-state index contributed by atoms with van der Waals surface area (Å²) in [4.78, 5) is 31.7. The van der Waals surface area contributed by atoms with Crippen molar-refractivity contribution in [1.29, 1.82) is 0 Å². The van der Waals surface area contributed by atoms with Crippen molar-refractivity contribution < 1.29 is 27.5 Å². The maximum absolute atomic E-state index is 13.0. The van der Waals surface area contributed by atoms with Crippen molar-refractivity contribution in [2.45, 2.75) is 33.1 Å². The minimum atomic E-state index is -4.83. The molecule has 186 valence electrons. The zero-order valence-corrected chi connectivity index (χ0v) is 19.5. The molecule has 0 unspecified atom stereocenters. The van der Waals surface area contributed by atoms with Gasteiger partial charge in [0.25, 0.3) is 5.91 Å². The molecular formula is C23H25F3N6O3. The number of aromatic nitrogens is 4. The molecule has 0 bridgehead atoms. The Labute approximate surface area is 198 Å². The van der Waals surface area contributed by atoms with Crippen molar-refractivity contribution in [2.75, 3.05) is 18.4 Å². The zero-order valence-electron chi connectivity index (χ0n) is 19.5. The van der Waals surface area contributed by atoms with Crippen LogP contribution in [0.25, 0.3) is 5.65 Å². The first kappa shape index (κ1) is 23.2. The fraction of sp³-hybridized carbons (Fsp3) is 0.478. The van der Waals surface area contributed by atoms with E-state index in [0.717, 1.165) is 36.8 Å². The standard InChI is InChI=1S/C23H25F3N6O3/c1-21(2,20(34)29-17-8-15(4-5-27-17)35-23(24,25)26)14-9-22(10-14)12-31(13-22)19(33)16-11-28-32-7-6-30(3)18(16)32/h4-8,11,14H,9-10,12-13H2,1-3H3,(H,27,29,34). The normalized spacial score (nSPS) is 17.8. The van der Waals surface area contributed by atoms with Crippen LogP contribution in [0.2, 0.25) is 0 Å². The lowest BCUT2D eigenvalue weighted by Crippen LogP contribution is -2.66. The predicted octanol–water partition coefficient (Wildman–Crippen LogP) is 3.48. The van der Waals surface area contributed by atoms with Crippen LogP contribution in [-0.4, -0.2) is 55.3 Å². The van der Waals surface area contributed by atoms with Gasteiger partial charge in [0, 0.05) is 55.6 Å². The van der Waals surface area contributed by atoms with Crippen LogP contribution < -0.4 is 10.1 Å². The largest absolute Gasteiger partial charge is 0.573 e. The molecule has 1 spiro atoms. The monoisotopic (exact) mass is 490 g/mol. The third-order valence-corrected chi connectivity index (χ3v) is 7.28. The van der Waals surface area contributed by atoms with E-state index < -0.39 is 17.5 Å². The number of nitrogens with one attached hydrogen (secondary N) is 1. The van der Waals surface area contributed by atoms with Gasteiger partial charge in [-0.15, -0.1) is 13.2 Å². The van der Waals surface area contributed by atoms with Gasteiger partial charge in [0.2, 0.25) is 5.91 Å². The van der Waals surface area contributed by atoms with Crippen molar-refractivity contribution >= 4 is 23.3 Å². The van der Waals surface area contributed by atoms with E-state index in [0.29, 0.717) is 18.7 Å². The van der Waals surface area contributed by atoms with Crippen molar-refractivity contribution in [1.82, 2.24) is 24.1 Å². The molecule has 5 rings (SSSR count). The number of anilines is 1. The molecular weight excluding hydrogens is 465 g/mol. The first-order valence-electron chi connectivity index (χ1n) is 11.2. The Morgan fingerprint density at radius 3 is 2.60 bits per heavy atom. The maximum Gasteiger partial charge on any atom is 0.573 e. The van der Waals surface area contributed by atoms with Gasteiger partial charge in [-0.25, -0.2) is 9.50 Å². The molecule has 12 heteroatoms. The highest BCUT2D eigenvalue weighted by Crippen LogP contribution is 2.58. The summed E-state index contributed by atoms with van der Waals surface area (Å²) in [6.45, 7) is 4.88. The Morgan fingerprint density at radius 2 is 1.91 bits per heavy atom. The number of ether oxygens (including phenoxy) is 1. The Morgan fingerprint density at radius 1 is 1.20 bits per heavy atom. The minimum Gasteiger partial charge on any atom is -0.406 e. The Kier molecular flexibility index (Phi) is 5.11. The average Bonchev–Trinajstić information content (AvgIpc) is 3.27. The minimum absolute atomic E-state index is 0.00290. The van der Waals surface area contributed by atoms with Crippen molar-refractivity contribution in [2.24, 2.45) is 23.8 Å². The average molecular weight is 490 g/mol. The molecule has 1 aliphatic heterocycles. The number of halogens is 3. The number of rotatable bonds is 5. The van der Waals surface area contributed by atoms with Crippen LogP contribution in [-0.2, 0) is 11.8 Å². The third-order valence-electron chi connectivity index (χ3n) is 7.28. The number of fused-ring (bicyclic) bond motifs is 1. The summed E-state index contributed by atoms with van der Waals surface area (Å²) in [5, 5.41) is 6.84. The molecule has 3 aromatic rings. The van der Waals surface area contributed by atoms with Crippen LogP contribution in [0, 0.1) is 16.7 Å². The summed E-state index contributed by atoms with van der Waals surface area (Å²) >= 11 is 0. The van der Waals surface area contributed by atoms with Crippen LogP contribution in [0.1, 0.15) is 37.0 Å². The molecule has 0 radical (unpaired) electrons. The lowest BCUT2D eigenvalue weighted by atomic mass is 9.51. The van der Waals surface area contributed by atoms with E-state index in [2.05, 4.69) is 20.1 Å². The Bertz CT molecular complexity index is 1300. The van der Waals surface area contributed by atoms with E-state index in [9.17, 15) is 22.8 Å². The Balaban J connectivity index is 1.17. The van der Waals surface area contributed by atoms with Crippen molar-refractivity contribution in [3.63, 3.8) is 0 Å². The van der Waals surface area contributed by atoms with Gasteiger partial charge in [-0.2, -0.15) is 5.10 Å². The fourth-order valence-corrected chi connectivity index (χ4v) is 5.17. The fourth-order valence-electron chi connectivity index (χ4n) is 5.17. The van der Waals surface area contributed by atoms with Gasteiger partial charge >= 0.3 is 6.36 Å². The van der Waals surface area contributed by atoms with Gasteiger partial charge in [0.1, 0.15) is 22.8 Å². The van der Waals surface area contributed by atoms with Gasteiger partial charge in [-0.1, -0.05) is 13.8 Å². The second-order valence-electron chi connectivity index (χ2n) is 10.1. The predicted molar refractivity (Wildman–Crippen MR) is 119 cm³/mol. The van der Waals surface area contributed by atoms with E-state index in [1.807, 2.05) is 36.6 Å². The first-order chi connectivity index (χ1) is 16.4. The quantitative estimate of drug-likeness (QED) is 0.591. The summed E-state index contributed by atoms with van der Waals surface area (Å²) in [6.07, 6.45) is 3.11. The lowest BCUT2D eigenvalue weighted by molar-refractivity contribution is -0.274. The van der Waals surface area contributed by atoms with Crippen molar-refractivity contribution in [3.8, 4) is 5.75 Å². The number of pyridine rings is 1. The van der Waals surface area contributed by atoms with Crippen LogP contribution >= 0.6 is 0 Å². The van der Waals surface area contributed by atoms with Gasteiger partial charge in [-0.3, -0.25) is 9.59 Å². The number of hydrogen-bond donors (Lipinski definition) is 1. The number of amides is 2. The van der Waals surface area contributed by atoms with Crippen LogP contribution in [0.4, 0.5) is 19.0 Å². The number of carbonyl (C=O) groups excluding carboxylic acids is 2. The van der Waals surface area contributed by atoms with Gasteiger partial charge in [0.15, 0.2) is 0 Å². The number of aryl methyl sites for hydroxylation is 1. The topological polar surface area (TPSA) is 93.8 Å². The van der Waals surface area contributed by atoms with E-state index >= 15 is 0 Å². The molecule has 9 nitrogen and oxygen atoms in total. The number of carbonyl (C=O) groups is 2. The summed E-state index contributed by atoms with van der Waals surface area (Å²) < 4.78 is 44.8. The summed E-state index contributed by atoms with van der Waals surface area (Å²) in [6, 6.07) is 2.11. The Hall–Kier alpha value is -3.57. The smallest absolute Gasteiger partial charge is 0.406 e. The summed E-state index contributed by atoms with van der Waals surface area (Å²) in [7, 11) is 1.87. The molecule has 1 aliphatic carbocycles.